The van der Waals surface area contributed by atoms with Crippen molar-refractivity contribution < 1.29 is 9.90 Å². The van der Waals surface area contributed by atoms with E-state index in [4.69, 9.17) is 10.8 Å². The SMILES string of the molecule is CCc1nc(C(=O)O)c(CN)s1. The van der Waals surface area contributed by atoms with Gasteiger partial charge >= 0.3 is 5.97 Å². The number of aryl methyl sites for hydroxylation is 1. The van der Waals surface area contributed by atoms with E-state index in [9.17, 15) is 4.79 Å². The van der Waals surface area contributed by atoms with E-state index in [0.717, 1.165) is 11.4 Å². The van der Waals surface area contributed by atoms with E-state index in [1.165, 1.54) is 11.3 Å². The topological polar surface area (TPSA) is 76.2 Å². The number of hydrogen-bond donors (Lipinski definition) is 2. The molecule has 0 aliphatic heterocycles. The maximum absolute atomic E-state index is 10.6. The van der Waals surface area contributed by atoms with Gasteiger partial charge in [0.05, 0.1) is 9.88 Å². The number of hydrogen-bond acceptors (Lipinski definition) is 4. The van der Waals surface area contributed by atoms with Gasteiger partial charge < -0.3 is 10.8 Å². The lowest BCUT2D eigenvalue weighted by molar-refractivity contribution is 0.0690. The molecule has 1 aromatic rings. The van der Waals surface area contributed by atoms with Crippen LogP contribution in [0.1, 0.15) is 27.3 Å². The minimum atomic E-state index is -0.994. The van der Waals surface area contributed by atoms with Crippen molar-refractivity contribution in [2.45, 2.75) is 19.9 Å². The van der Waals surface area contributed by atoms with Gasteiger partial charge in [0, 0.05) is 6.54 Å². The second-order valence-electron chi connectivity index (χ2n) is 2.24. The normalized spacial score (nSPS) is 10.2. The van der Waals surface area contributed by atoms with E-state index in [2.05, 4.69) is 4.98 Å². The van der Waals surface area contributed by atoms with Crippen molar-refractivity contribution in [3.8, 4) is 0 Å². The Morgan fingerprint density at radius 2 is 2.42 bits per heavy atom. The Balaban J connectivity index is 3.08. The number of thiazole rings is 1. The van der Waals surface area contributed by atoms with E-state index >= 15 is 0 Å². The van der Waals surface area contributed by atoms with Crippen molar-refractivity contribution in [1.82, 2.24) is 4.98 Å². The number of nitrogens with zero attached hydrogens (tertiary/aromatic N) is 1. The largest absolute Gasteiger partial charge is 0.476 e. The van der Waals surface area contributed by atoms with Gasteiger partial charge in [0.2, 0.25) is 0 Å². The number of carbonyl (C=O) groups is 1. The van der Waals surface area contributed by atoms with Gasteiger partial charge in [-0.3, -0.25) is 0 Å². The molecule has 0 spiro atoms. The zero-order valence-electron chi connectivity index (χ0n) is 6.70. The van der Waals surface area contributed by atoms with Gasteiger partial charge in [-0.25, -0.2) is 9.78 Å². The first kappa shape index (κ1) is 9.15. The number of aromatic carboxylic acids is 1. The first-order chi connectivity index (χ1) is 5.69. The highest BCUT2D eigenvalue weighted by Gasteiger charge is 2.14. The first-order valence-corrected chi connectivity index (χ1v) is 4.42. The van der Waals surface area contributed by atoms with Crippen LogP contribution in [0.15, 0.2) is 0 Å². The lowest BCUT2D eigenvalue weighted by Gasteiger charge is -1.89. The molecule has 1 rings (SSSR count). The maximum Gasteiger partial charge on any atom is 0.355 e. The van der Waals surface area contributed by atoms with Crippen molar-refractivity contribution in [3.05, 3.63) is 15.6 Å². The van der Waals surface area contributed by atoms with Gasteiger partial charge in [-0.05, 0) is 6.42 Å². The van der Waals surface area contributed by atoms with Gasteiger partial charge in [-0.15, -0.1) is 11.3 Å². The van der Waals surface area contributed by atoms with Crippen LogP contribution >= 0.6 is 11.3 Å². The van der Waals surface area contributed by atoms with E-state index in [1.54, 1.807) is 0 Å². The Morgan fingerprint density at radius 1 is 1.75 bits per heavy atom. The molecule has 0 aliphatic carbocycles. The molecular weight excluding hydrogens is 176 g/mol. The fourth-order valence-electron chi connectivity index (χ4n) is 0.857. The van der Waals surface area contributed by atoms with Crippen LogP contribution in [0, 0.1) is 0 Å². The Hall–Kier alpha value is -0.940. The zero-order valence-corrected chi connectivity index (χ0v) is 7.52. The van der Waals surface area contributed by atoms with Gasteiger partial charge in [-0.2, -0.15) is 0 Å². The van der Waals surface area contributed by atoms with Crippen LogP contribution in [0.4, 0.5) is 0 Å². The van der Waals surface area contributed by atoms with E-state index in [-0.39, 0.29) is 12.2 Å². The first-order valence-electron chi connectivity index (χ1n) is 3.61. The quantitative estimate of drug-likeness (QED) is 0.734. The number of carboxylic acids is 1. The highest BCUT2D eigenvalue weighted by atomic mass is 32.1. The fourth-order valence-corrected chi connectivity index (χ4v) is 1.74. The Bertz CT molecular complexity index is 296. The van der Waals surface area contributed by atoms with Gasteiger partial charge in [0.1, 0.15) is 0 Å². The smallest absolute Gasteiger partial charge is 0.355 e. The molecule has 0 amide bonds. The molecule has 4 nitrogen and oxygen atoms in total. The van der Waals surface area contributed by atoms with Crippen molar-refractivity contribution in [2.24, 2.45) is 5.73 Å². The van der Waals surface area contributed by atoms with Crippen LogP contribution in [0.3, 0.4) is 0 Å². The molecule has 0 radical (unpaired) electrons. The van der Waals surface area contributed by atoms with Crippen LogP contribution in [0.5, 0.6) is 0 Å². The third-order valence-electron chi connectivity index (χ3n) is 1.43. The second kappa shape index (κ2) is 3.64. The highest BCUT2D eigenvalue weighted by Crippen LogP contribution is 2.18. The molecule has 5 heteroatoms. The summed E-state index contributed by atoms with van der Waals surface area (Å²) in [5, 5.41) is 9.52. The predicted molar refractivity (Wildman–Crippen MR) is 46.3 cm³/mol. The molecule has 0 fully saturated rings. The van der Waals surface area contributed by atoms with Gasteiger partial charge in [0.15, 0.2) is 5.69 Å². The molecule has 0 bridgehead atoms. The van der Waals surface area contributed by atoms with E-state index < -0.39 is 5.97 Å². The molecular formula is C7H10N2O2S. The summed E-state index contributed by atoms with van der Waals surface area (Å²) >= 11 is 1.37. The Labute approximate surface area is 74.0 Å². The summed E-state index contributed by atoms with van der Waals surface area (Å²) in [5.74, 6) is -0.994. The molecule has 1 aromatic heterocycles. The molecule has 0 aliphatic rings. The molecule has 0 saturated heterocycles. The number of carboxylic acid groups (broad SMARTS) is 1. The third-order valence-corrected chi connectivity index (χ3v) is 2.65. The average molecular weight is 186 g/mol. The van der Waals surface area contributed by atoms with Crippen LogP contribution in [-0.2, 0) is 13.0 Å². The fraction of sp³-hybridized carbons (Fsp3) is 0.429. The molecule has 1 heterocycles. The van der Waals surface area contributed by atoms with E-state index in [0.29, 0.717) is 4.88 Å². The summed E-state index contributed by atoms with van der Waals surface area (Å²) in [6, 6.07) is 0. The van der Waals surface area contributed by atoms with Gasteiger partial charge in [0.25, 0.3) is 0 Å². The Kier molecular flexibility index (Phi) is 2.78. The average Bonchev–Trinajstić information content (AvgIpc) is 2.47. The summed E-state index contributed by atoms with van der Waals surface area (Å²) in [6.45, 7) is 2.18. The Morgan fingerprint density at radius 3 is 2.75 bits per heavy atom. The third kappa shape index (κ3) is 1.62. The lowest BCUT2D eigenvalue weighted by atomic mass is 10.3. The van der Waals surface area contributed by atoms with Crippen LogP contribution in [0.2, 0.25) is 0 Å². The van der Waals surface area contributed by atoms with Crippen molar-refractivity contribution in [2.75, 3.05) is 0 Å². The predicted octanol–water partition coefficient (Wildman–Crippen LogP) is 0.862. The summed E-state index contributed by atoms with van der Waals surface area (Å²) < 4.78 is 0. The number of rotatable bonds is 3. The van der Waals surface area contributed by atoms with Gasteiger partial charge in [-0.1, -0.05) is 6.92 Å². The van der Waals surface area contributed by atoms with Crippen molar-refractivity contribution in [1.29, 1.82) is 0 Å². The second-order valence-corrected chi connectivity index (χ2v) is 3.41. The minimum Gasteiger partial charge on any atom is -0.476 e. The lowest BCUT2D eigenvalue weighted by Crippen LogP contribution is -2.04. The standard InChI is InChI=1S/C7H10N2O2S/c1-2-5-9-6(7(10)11)4(3-8)12-5/h2-3,8H2,1H3,(H,10,11). The molecule has 12 heavy (non-hydrogen) atoms. The molecule has 0 unspecified atom stereocenters. The molecule has 66 valence electrons. The summed E-state index contributed by atoms with van der Waals surface area (Å²) in [7, 11) is 0. The summed E-state index contributed by atoms with van der Waals surface area (Å²) in [5.41, 5.74) is 5.47. The van der Waals surface area contributed by atoms with Crippen LogP contribution < -0.4 is 5.73 Å². The van der Waals surface area contributed by atoms with Crippen molar-refractivity contribution in [3.63, 3.8) is 0 Å². The highest BCUT2D eigenvalue weighted by molar-refractivity contribution is 7.11. The molecule has 3 N–H and O–H groups in total. The molecule has 0 aromatic carbocycles. The maximum atomic E-state index is 10.6. The molecule has 0 saturated carbocycles. The number of aromatic nitrogens is 1. The van der Waals surface area contributed by atoms with E-state index in [1.807, 2.05) is 6.92 Å². The summed E-state index contributed by atoms with van der Waals surface area (Å²) in [4.78, 5) is 15.2. The van der Waals surface area contributed by atoms with Crippen LogP contribution in [0.25, 0.3) is 0 Å². The minimum absolute atomic E-state index is 0.111. The van der Waals surface area contributed by atoms with Crippen molar-refractivity contribution >= 4 is 17.3 Å². The van der Waals surface area contributed by atoms with Crippen LogP contribution in [-0.4, -0.2) is 16.1 Å². The zero-order chi connectivity index (χ0) is 9.14. The summed E-state index contributed by atoms with van der Waals surface area (Å²) in [6.07, 6.45) is 0.755. The monoisotopic (exact) mass is 186 g/mol. The molecule has 0 atom stereocenters. The number of nitrogens with two attached hydrogens (primary N) is 1.